The van der Waals surface area contributed by atoms with Crippen molar-refractivity contribution in [3.63, 3.8) is 0 Å². The summed E-state index contributed by atoms with van der Waals surface area (Å²) in [5.41, 5.74) is 0. The lowest BCUT2D eigenvalue weighted by Crippen LogP contribution is -2.00. The van der Waals surface area contributed by atoms with Gasteiger partial charge in [0.05, 0.1) is 0 Å². The summed E-state index contributed by atoms with van der Waals surface area (Å²) in [6.07, 6.45) is 5.29. The average molecular weight is 287 g/mol. The van der Waals surface area contributed by atoms with Crippen LogP contribution in [0.25, 0.3) is 0 Å². The Balaban J connectivity index is -0.000000218. The molecule has 0 N–H and O–H groups in total. The van der Waals surface area contributed by atoms with Crippen molar-refractivity contribution in [2.75, 3.05) is 0 Å². The molecule has 0 amide bonds. The molecule has 0 aromatic carbocycles. The minimum Gasteiger partial charge on any atom is -0.0651 e. The molecule has 126 valence electrons. The molecule has 0 aromatic rings. The second-order valence-corrected chi connectivity index (χ2v) is 7.18. The van der Waals surface area contributed by atoms with Crippen LogP contribution >= 0.6 is 0 Å². The van der Waals surface area contributed by atoms with Crippen molar-refractivity contribution >= 4 is 0 Å². The van der Waals surface area contributed by atoms with Gasteiger partial charge in [0.1, 0.15) is 0 Å². The zero-order chi connectivity index (χ0) is 16.7. The molecule has 0 saturated heterocycles. The highest BCUT2D eigenvalue weighted by Crippen LogP contribution is 2.12. The normalized spacial score (nSPS) is 13.5. The van der Waals surface area contributed by atoms with E-state index < -0.39 is 0 Å². The van der Waals surface area contributed by atoms with E-state index in [4.69, 9.17) is 0 Å². The first-order valence-corrected chi connectivity index (χ1v) is 9.17. The second-order valence-electron chi connectivity index (χ2n) is 7.18. The largest absolute Gasteiger partial charge is 0.0651 e. The Bertz CT molecular complexity index is 139. The van der Waals surface area contributed by atoms with Crippen molar-refractivity contribution < 1.29 is 0 Å². The molecule has 0 aromatic heterocycles. The highest BCUT2D eigenvalue weighted by atomic mass is 14.1. The highest BCUT2D eigenvalue weighted by molar-refractivity contribution is 4.52. The summed E-state index contributed by atoms with van der Waals surface area (Å²) in [5.74, 6) is 4.47. The zero-order valence-electron chi connectivity index (χ0n) is 16.7. The summed E-state index contributed by atoms with van der Waals surface area (Å²) < 4.78 is 0. The Kier molecular flexibility index (Phi) is 21.3. The van der Waals surface area contributed by atoms with E-state index in [0.29, 0.717) is 0 Å². The van der Waals surface area contributed by atoms with Crippen LogP contribution in [-0.4, -0.2) is 0 Å². The van der Waals surface area contributed by atoms with E-state index >= 15 is 0 Å². The molecule has 2 atom stereocenters. The van der Waals surface area contributed by atoms with Gasteiger partial charge in [-0.15, -0.1) is 0 Å². The maximum Gasteiger partial charge on any atom is -0.0422 e. The fourth-order valence-corrected chi connectivity index (χ4v) is 1.23. The minimum absolute atomic E-state index is 0.866. The summed E-state index contributed by atoms with van der Waals surface area (Å²) in [6, 6.07) is 0. The lowest BCUT2D eigenvalue weighted by molar-refractivity contribution is 0.407. The van der Waals surface area contributed by atoms with Gasteiger partial charge in [0.15, 0.2) is 0 Å². The Morgan fingerprint density at radius 3 is 0.700 bits per heavy atom. The van der Waals surface area contributed by atoms with Crippen LogP contribution in [0.4, 0.5) is 0 Å². The maximum atomic E-state index is 2.30. The predicted octanol–water partition coefficient (Wildman–Crippen LogP) is 7.82. The van der Waals surface area contributed by atoms with Gasteiger partial charge in [-0.2, -0.15) is 0 Å². The lowest BCUT2D eigenvalue weighted by atomic mass is 9.96. The molecule has 0 radical (unpaired) electrons. The molecule has 0 rings (SSSR count). The standard InChI is InChI=1S/2C7H16.C6H14/c2*1-5-7(4)6(2)3;1-4-6(3)5-2/h2*6-7H,5H2,1-4H3;6H,4-5H2,1-3H3. The first-order chi connectivity index (χ1) is 9.17. The second kappa shape index (κ2) is 17.1. The van der Waals surface area contributed by atoms with E-state index in [1.165, 1.54) is 25.7 Å². The van der Waals surface area contributed by atoms with Crippen molar-refractivity contribution in [3.8, 4) is 0 Å². The highest BCUT2D eigenvalue weighted by Gasteiger charge is 2.01. The van der Waals surface area contributed by atoms with Crippen LogP contribution in [-0.2, 0) is 0 Å². The van der Waals surface area contributed by atoms with Crippen molar-refractivity contribution in [1.29, 1.82) is 0 Å². The zero-order valence-corrected chi connectivity index (χ0v) is 16.7. The number of hydrogen-bond acceptors (Lipinski definition) is 0. The summed E-state index contributed by atoms with van der Waals surface area (Å²) in [5, 5.41) is 0. The first-order valence-electron chi connectivity index (χ1n) is 9.17. The van der Waals surface area contributed by atoms with Gasteiger partial charge in [0.25, 0.3) is 0 Å². The van der Waals surface area contributed by atoms with E-state index in [1.807, 2.05) is 0 Å². The third-order valence-electron chi connectivity index (χ3n) is 4.96. The van der Waals surface area contributed by atoms with Crippen LogP contribution < -0.4 is 0 Å². The third kappa shape index (κ3) is 20.3. The molecule has 0 bridgehead atoms. The molecule has 0 nitrogen and oxygen atoms in total. The van der Waals surface area contributed by atoms with Crippen LogP contribution in [0.1, 0.15) is 102 Å². The molecule has 0 heteroatoms. The molecule has 0 heterocycles. The Hall–Kier alpha value is 0. The molecule has 0 aliphatic rings. The van der Waals surface area contributed by atoms with Gasteiger partial charge in [0.2, 0.25) is 0 Å². The van der Waals surface area contributed by atoms with Crippen molar-refractivity contribution in [1.82, 2.24) is 0 Å². The fraction of sp³-hybridized carbons (Fsp3) is 1.00. The molecule has 2 unspecified atom stereocenters. The van der Waals surface area contributed by atoms with Crippen LogP contribution in [0.15, 0.2) is 0 Å². The summed E-state index contributed by atoms with van der Waals surface area (Å²) in [7, 11) is 0. The smallest absolute Gasteiger partial charge is 0.0422 e. The molecule has 0 aliphatic heterocycles. The summed E-state index contributed by atoms with van der Waals surface area (Å²) in [6.45, 7) is 24.9. The van der Waals surface area contributed by atoms with Crippen molar-refractivity contribution in [2.24, 2.45) is 29.6 Å². The topological polar surface area (TPSA) is 0 Å². The molecule has 0 aliphatic carbocycles. The number of rotatable bonds is 6. The van der Waals surface area contributed by atoms with E-state index in [-0.39, 0.29) is 0 Å². The lowest BCUT2D eigenvalue weighted by Gasteiger charge is -2.10. The Morgan fingerprint density at radius 2 is 0.700 bits per heavy atom. The van der Waals surface area contributed by atoms with Crippen LogP contribution in [0, 0.1) is 29.6 Å². The monoisotopic (exact) mass is 286 g/mol. The van der Waals surface area contributed by atoms with Crippen LogP contribution in [0.3, 0.4) is 0 Å². The van der Waals surface area contributed by atoms with Crippen LogP contribution in [0.2, 0.25) is 0 Å². The van der Waals surface area contributed by atoms with Gasteiger partial charge in [-0.1, -0.05) is 102 Å². The minimum atomic E-state index is 0.866. The van der Waals surface area contributed by atoms with Gasteiger partial charge in [-0.25, -0.2) is 0 Å². The first kappa shape index (κ1) is 25.0. The van der Waals surface area contributed by atoms with Gasteiger partial charge in [-0.3, -0.25) is 0 Å². The van der Waals surface area contributed by atoms with E-state index in [1.54, 1.807) is 0 Å². The quantitative estimate of drug-likeness (QED) is 0.467. The Morgan fingerprint density at radius 1 is 0.450 bits per heavy atom. The van der Waals surface area contributed by atoms with Gasteiger partial charge < -0.3 is 0 Å². The van der Waals surface area contributed by atoms with Crippen molar-refractivity contribution in [3.05, 3.63) is 0 Å². The fourth-order valence-electron chi connectivity index (χ4n) is 1.23. The van der Waals surface area contributed by atoms with Gasteiger partial charge in [0, 0.05) is 0 Å². The summed E-state index contributed by atoms with van der Waals surface area (Å²) >= 11 is 0. The van der Waals surface area contributed by atoms with E-state index in [0.717, 1.165) is 29.6 Å². The SMILES string of the molecule is CCC(C)C(C)C.CCC(C)C(C)C.CCC(C)CC. The summed E-state index contributed by atoms with van der Waals surface area (Å²) in [4.78, 5) is 0. The Labute approximate surface area is 132 Å². The van der Waals surface area contributed by atoms with E-state index in [9.17, 15) is 0 Å². The predicted molar refractivity (Wildman–Crippen MR) is 98.3 cm³/mol. The third-order valence-corrected chi connectivity index (χ3v) is 4.96. The van der Waals surface area contributed by atoms with Crippen molar-refractivity contribution in [2.45, 2.75) is 102 Å². The molecular formula is C20H46. The molecule has 20 heavy (non-hydrogen) atoms. The maximum absolute atomic E-state index is 2.30. The molecule has 0 fully saturated rings. The molecular weight excluding hydrogens is 240 g/mol. The van der Waals surface area contributed by atoms with Gasteiger partial charge in [-0.05, 0) is 29.6 Å². The molecule has 0 saturated carbocycles. The van der Waals surface area contributed by atoms with Gasteiger partial charge >= 0.3 is 0 Å². The van der Waals surface area contributed by atoms with Crippen LogP contribution in [0.5, 0.6) is 0 Å². The van der Waals surface area contributed by atoms with E-state index in [2.05, 4.69) is 76.2 Å². The average Bonchev–Trinajstić information content (AvgIpc) is 2.45. The number of hydrogen-bond donors (Lipinski definition) is 0. The molecule has 0 spiro atoms.